The fourth-order valence-corrected chi connectivity index (χ4v) is 1.45. The number of hydrogen-bond donors (Lipinski definition) is 0. The average molecular weight is 207 g/mol. The summed E-state index contributed by atoms with van der Waals surface area (Å²) in [6.07, 6.45) is 1.57. The lowest BCUT2D eigenvalue weighted by Gasteiger charge is -2.03. The largest absolute Gasteiger partial charge is 0.381 e. The van der Waals surface area contributed by atoms with Gasteiger partial charge in [-0.05, 0) is 13.3 Å². The van der Waals surface area contributed by atoms with Crippen LogP contribution in [0.5, 0.6) is 0 Å². The fourth-order valence-electron chi connectivity index (χ4n) is 1.45. The first-order valence-corrected chi connectivity index (χ1v) is 4.99. The van der Waals surface area contributed by atoms with E-state index in [0.717, 1.165) is 6.42 Å². The summed E-state index contributed by atoms with van der Waals surface area (Å²) < 4.78 is 10.2. The highest BCUT2D eigenvalue weighted by Gasteiger charge is 2.43. The molecule has 1 fully saturated rings. The Morgan fingerprint density at radius 3 is 3.13 bits per heavy atom. The Morgan fingerprint density at radius 2 is 2.53 bits per heavy atom. The van der Waals surface area contributed by atoms with E-state index in [-0.39, 0.29) is 17.9 Å². The van der Waals surface area contributed by atoms with Crippen LogP contribution in [0.4, 0.5) is 0 Å². The van der Waals surface area contributed by atoms with Gasteiger partial charge in [0.25, 0.3) is 0 Å². The van der Waals surface area contributed by atoms with Crippen LogP contribution in [0.3, 0.4) is 0 Å². The molecule has 0 amide bonds. The van der Waals surface area contributed by atoms with Crippen molar-refractivity contribution in [1.29, 1.82) is 5.26 Å². The molecular weight excluding hydrogens is 194 g/mol. The van der Waals surface area contributed by atoms with E-state index in [9.17, 15) is 0 Å². The number of nitriles is 1. The van der Waals surface area contributed by atoms with Crippen molar-refractivity contribution in [1.82, 2.24) is 10.1 Å². The van der Waals surface area contributed by atoms with Crippen molar-refractivity contribution in [2.75, 3.05) is 7.11 Å². The molecule has 0 aliphatic heterocycles. The molecule has 1 aliphatic carbocycles. The zero-order valence-electron chi connectivity index (χ0n) is 8.80. The number of ether oxygens (including phenoxy) is 1. The molecule has 1 aromatic heterocycles. The third-order valence-electron chi connectivity index (χ3n) is 2.63. The molecule has 5 nitrogen and oxygen atoms in total. The number of aromatic nitrogens is 2. The van der Waals surface area contributed by atoms with Gasteiger partial charge in [-0.3, -0.25) is 0 Å². The van der Waals surface area contributed by atoms with Crippen molar-refractivity contribution in [2.24, 2.45) is 5.92 Å². The molecule has 80 valence electrons. The molecule has 1 saturated carbocycles. The molecule has 15 heavy (non-hydrogen) atoms. The minimum atomic E-state index is 0.0677. The number of hydrogen-bond acceptors (Lipinski definition) is 5. The monoisotopic (exact) mass is 207 g/mol. The first-order valence-electron chi connectivity index (χ1n) is 4.99. The molecule has 0 radical (unpaired) electrons. The van der Waals surface area contributed by atoms with Crippen LogP contribution in [0.2, 0.25) is 0 Å². The van der Waals surface area contributed by atoms with E-state index in [1.54, 1.807) is 7.11 Å². The van der Waals surface area contributed by atoms with Gasteiger partial charge in [0.05, 0.1) is 24.0 Å². The second kappa shape index (κ2) is 3.99. The maximum absolute atomic E-state index is 8.67. The van der Waals surface area contributed by atoms with Crippen molar-refractivity contribution in [2.45, 2.75) is 31.8 Å². The van der Waals surface area contributed by atoms with Crippen molar-refractivity contribution in [3.8, 4) is 6.07 Å². The third kappa shape index (κ3) is 2.16. The summed E-state index contributed by atoms with van der Waals surface area (Å²) in [7, 11) is 1.65. The van der Waals surface area contributed by atoms with Crippen molar-refractivity contribution >= 4 is 0 Å². The average Bonchev–Trinajstić information content (AvgIpc) is 2.91. The second-order valence-corrected chi connectivity index (χ2v) is 3.88. The molecule has 0 N–H and O–H groups in total. The van der Waals surface area contributed by atoms with Gasteiger partial charge in [0.15, 0.2) is 5.82 Å². The maximum Gasteiger partial charge on any atom is 0.231 e. The van der Waals surface area contributed by atoms with Crippen LogP contribution in [-0.4, -0.2) is 23.4 Å². The van der Waals surface area contributed by atoms with Gasteiger partial charge >= 0.3 is 0 Å². The number of rotatable bonds is 4. The van der Waals surface area contributed by atoms with E-state index in [1.807, 2.05) is 6.92 Å². The molecule has 0 bridgehead atoms. The van der Waals surface area contributed by atoms with Gasteiger partial charge in [-0.15, -0.1) is 0 Å². The molecule has 5 heteroatoms. The molecule has 1 aromatic rings. The smallest absolute Gasteiger partial charge is 0.231 e. The standard InChI is InChI=1S/C10H13N3O2/c1-6(14-2)3-9-12-10(15-13-9)8-4-7(8)5-11/h6-8H,3-4H2,1-2H3. The minimum absolute atomic E-state index is 0.0677. The molecule has 0 spiro atoms. The van der Waals surface area contributed by atoms with Crippen LogP contribution in [0, 0.1) is 17.2 Å². The Kier molecular flexibility index (Phi) is 2.69. The molecular formula is C10H13N3O2. The fraction of sp³-hybridized carbons (Fsp3) is 0.700. The molecule has 1 aliphatic rings. The van der Waals surface area contributed by atoms with Gasteiger partial charge in [0.2, 0.25) is 5.89 Å². The summed E-state index contributed by atoms with van der Waals surface area (Å²) in [6, 6.07) is 2.20. The predicted octanol–water partition coefficient (Wildman–Crippen LogP) is 1.27. The Bertz CT molecular complexity index is 382. The lowest BCUT2D eigenvalue weighted by Crippen LogP contribution is -2.09. The van der Waals surface area contributed by atoms with E-state index >= 15 is 0 Å². The van der Waals surface area contributed by atoms with Crippen molar-refractivity contribution in [3.63, 3.8) is 0 Å². The van der Waals surface area contributed by atoms with Crippen LogP contribution in [0.15, 0.2) is 4.52 Å². The van der Waals surface area contributed by atoms with Crippen molar-refractivity contribution < 1.29 is 9.26 Å². The zero-order chi connectivity index (χ0) is 10.8. The van der Waals surface area contributed by atoms with E-state index in [0.29, 0.717) is 18.1 Å². The topological polar surface area (TPSA) is 71.9 Å². The quantitative estimate of drug-likeness (QED) is 0.743. The van der Waals surface area contributed by atoms with Gasteiger partial charge in [-0.2, -0.15) is 10.2 Å². The highest BCUT2D eigenvalue weighted by atomic mass is 16.5. The zero-order valence-corrected chi connectivity index (χ0v) is 8.80. The minimum Gasteiger partial charge on any atom is -0.381 e. The highest BCUT2D eigenvalue weighted by molar-refractivity contribution is 5.15. The Balaban J connectivity index is 1.97. The predicted molar refractivity (Wildman–Crippen MR) is 50.9 cm³/mol. The molecule has 0 saturated heterocycles. The van der Waals surface area contributed by atoms with Crippen molar-refractivity contribution in [3.05, 3.63) is 11.7 Å². The second-order valence-electron chi connectivity index (χ2n) is 3.88. The van der Waals surface area contributed by atoms with Crippen LogP contribution < -0.4 is 0 Å². The lowest BCUT2D eigenvalue weighted by molar-refractivity contribution is 0.116. The Hall–Kier alpha value is -1.41. The molecule has 3 unspecified atom stereocenters. The summed E-state index contributed by atoms with van der Waals surface area (Å²) in [6.45, 7) is 1.95. The lowest BCUT2D eigenvalue weighted by atomic mass is 10.3. The first kappa shape index (κ1) is 10.1. The van der Waals surface area contributed by atoms with Crippen LogP contribution in [-0.2, 0) is 11.2 Å². The van der Waals surface area contributed by atoms with Gasteiger partial charge in [0, 0.05) is 13.5 Å². The van der Waals surface area contributed by atoms with E-state index in [1.165, 1.54) is 0 Å². The van der Waals surface area contributed by atoms with Crippen LogP contribution >= 0.6 is 0 Å². The van der Waals surface area contributed by atoms with Gasteiger partial charge in [-0.25, -0.2) is 0 Å². The van der Waals surface area contributed by atoms with Gasteiger partial charge in [-0.1, -0.05) is 5.16 Å². The molecule has 0 aromatic carbocycles. The molecule has 3 atom stereocenters. The summed E-state index contributed by atoms with van der Waals surface area (Å²) in [5, 5.41) is 12.5. The van der Waals surface area contributed by atoms with E-state index < -0.39 is 0 Å². The third-order valence-corrected chi connectivity index (χ3v) is 2.63. The first-order chi connectivity index (χ1) is 7.24. The van der Waals surface area contributed by atoms with Crippen LogP contribution in [0.1, 0.15) is 31.0 Å². The number of nitrogens with zero attached hydrogens (tertiary/aromatic N) is 3. The maximum atomic E-state index is 8.67. The summed E-state index contributed by atoms with van der Waals surface area (Å²) in [5.41, 5.74) is 0. The van der Waals surface area contributed by atoms with Gasteiger partial charge in [0.1, 0.15) is 0 Å². The SMILES string of the molecule is COC(C)Cc1noc(C2CC2C#N)n1. The van der Waals surface area contributed by atoms with Gasteiger partial charge < -0.3 is 9.26 Å². The Labute approximate surface area is 88.0 Å². The molecule has 2 rings (SSSR count). The Morgan fingerprint density at radius 1 is 1.73 bits per heavy atom. The van der Waals surface area contributed by atoms with Crippen LogP contribution in [0.25, 0.3) is 0 Å². The normalized spacial score (nSPS) is 25.9. The summed E-state index contributed by atoms with van der Waals surface area (Å²) in [5.74, 6) is 1.48. The molecule has 1 heterocycles. The summed E-state index contributed by atoms with van der Waals surface area (Å²) >= 11 is 0. The van der Waals surface area contributed by atoms with E-state index in [4.69, 9.17) is 14.5 Å². The highest BCUT2D eigenvalue weighted by Crippen LogP contribution is 2.45. The number of methoxy groups -OCH3 is 1. The van der Waals surface area contributed by atoms with E-state index in [2.05, 4.69) is 16.2 Å². The summed E-state index contributed by atoms with van der Waals surface area (Å²) in [4.78, 5) is 4.25.